The van der Waals surface area contributed by atoms with Gasteiger partial charge in [-0.3, -0.25) is 4.79 Å². The van der Waals surface area contributed by atoms with Crippen LogP contribution >= 0.6 is 23.2 Å². The molecule has 1 amide bonds. The molecule has 6 nitrogen and oxygen atoms in total. The largest absolute Gasteiger partial charge is 0.340 e. The molecule has 1 heterocycles. The fourth-order valence-electron chi connectivity index (χ4n) is 2.21. The van der Waals surface area contributed by atoms with Crippen LogP contribution in [0.2, 0.25) is 10.0 Å². The van der Waals surface area contributed by atoms with Gasteiger partial charge >= 0.3 is 0 Å². The van der Waals surface area contributed by atoms with Crippen LogP contribution in [0.4, 0.5) is 28.8 Å². The molecule has 0 fully saturated rings. The lowest BCUT2D eigenvalue weighted by Crippen LogP contribution is -2.05. The molecule has 3 aromatic rings. The van der Waals surface area contributed by atoms with Crippen LogP contribution in [0.25, 0.3) is 0 Å². The van der Waals surface area contributed by atoms with Gasteiger partial charge < -0.3 is 16.0 Å². The monoisotopic (exact) mass is 387 g/mol. The summed E-state index contributed by atoms with van der Waals surface area (Å²) >= 11 is 12.3. The molecule has 0 unspecified atom stereocenters. The average Bonchev–Trinajstić information content (AvgIpc) is 2.60. The molecule has 1 aromatic heterocycles. The maximum Gasteiger partial charge on any atom is 0.229 e. The third-order valence-corrected chi connectivity index (χ3v) is 3.96. The lowest BCUT2D eigenvalue weighted by Gasteiger charge is -2.11. The number of nitrogens with one attached hydrogen (secondary N) is 3. The fraction of sp³-hybridized carbons (Fsp3) is 0.0556. The molecule has 2 aromatic carbocycles. The zero-order valence-electron chi connectivity index (χ0n) is 13.8. The van der Waals surface area contributed by atoms with E-state index < -0.39 is 0 Å². The topological polar surface area (TPSA) is 78.9 Å². The summed E-state index contributed by atoms with van der Waals surface area (Å²) in [6.45, 7) is 1.47. The molecule has 3 N–H and O–H groups in total. The predicted octanol–water partition coefficient (Wildman–Crippen LogP) is 5.23. The summed E-state index contributed by atoms with van der Waals surface area (Å²) in [5.74, 6) is 0.841. The number of para-hydroxylation sites is 1. The van der Waals surface area contributed by atoms with Crippen molar-refractivity contribution in [2.24, 2.45) is 0 Å². The number of anilines is 5. The first-order chi connectivity index (χ1) is 12.5. The number of aromatic nitrogens is 2. The van der Waals surface area contributed by atoms with Crippen molar-refractivity contribution in [3.05, 3.63) is 64.8 Å². The molecule has 8 heteroatoms. The third-order valence-electron chi connectivity index (χ3n) is 3.33. The summed E-state index contributed by atoms with van der Waals surface area (Å²) in [5, 5.41) is 9.87. The Hall–Kier alpha value is -2.83. The number of benzene rings is 2. The van der Waals surface area contributed by atoms with Gasteiger partial charge in [0.15, 0.2) is 0 Å². The molecule has 0 aliphatic rings. The number of halogens is 2. The zero-order valence-corrected chi connectivity index (χ0v) is 15.3. The molecule has 26 heavy (non-hydrogen) atoms. The maximum atomic E-state index is 11.1. The second-order valence-corrected chi connectivity index (χ2v) is 6.19. The van der Waals surface area contributed by atoms with Crippen molar-refractivity contribution in [1.29, 1.82) is 0 Å². The first-order valence-electron chi connectivity index (χ1n) is 7.70. The van der Waals surface area contributed by atoms with Crippen molar-refractivity contribution in [2.45, 2.75) is 6.92 Å². The van der Waals surface area contributed by atoms with Gasteiger partial charge in [0, 0.05) is 24.5 Å². The van der Waals surface area contributed by atoms with Gasteiger partial charge in [-0.25, -0.2) is 4.98 Å². The number of carbonyl (C=O) groups excluding carboxylic acids is 1. The van der Waals surface area contributed by atoms with Crippen LogP contribution in [-0.4, -0.2) is 15.9 Å². The molecule has 0 aliphatic heterocycles. The van der Waals surface area contributed by atoms with E-state index in [2.05, 4.69) is 25.9 Å². The number of nitrogens with zero attached hydrogens (tertiary/aromatic N) is 2. The van der Waals surface area contributed by atoms with Crippen molar-refractivity contribution >= 4 is 57.9 Å². The smallest absolute Gasteiger partial charge is 0.229 e. The lowest BCUT2D eigenvalue weighted by atomic mass is 10.2. The molecule has 0 radical (unpaired) electrons. The molecule has 0 saturated carbocycles. The van der Waals surface area contributed by atoms with Gasteiger partial charge in [-0.15, -0.1) is 0 Å². The van der Waals surface area contributed by atoms with Gasteiger partial charge in [-0.1, -0.05) is 29.3 Å². The Kier molecular flexibility index (Phi) is 5.55. The van der Waals surface area contributed by atoms with Gasteiger partial charge in [-0.05, 0) is 42.5 Å². The van der Waals surface area contributed by atoms with Crippen LogP contribution in [0.5, 0.6) is 0 Å². The Balaban J connectivity index is 1.74. The summed E-state index contributed by atoms with van der Waals surface area (Å²) in [7, 11) is 0. The van der Waals surface area contributed by atoms with Crippen LogP contribution in [-0.2, 0) is 4.79 Å². The first-order valence-corrected chi connectivity index (χ1v) is 8.45. The summed E-state index contributed by atoms with van der Waals surface area (Å²) in [5.41, 5.74) is 2.09. The number of hydrogen-bond donors (Lipinski definition) is 3. The van der Waals surface area contributed by atoms with Crippen LogP contribution in [0.15, 0.2) is 54.7 Å². The van der Waals surface area contributed by atoms with E-state index in [1.54, 1.807) is 42.6 Å². The highest BCUT2D eigenvalue weighted by Crippen LogP contribution is 2.31. The van der Waals surface area contributed by atoms with Gasteiger partial charge in [0.2, 0.25) is 11.9 Å². The van der Waals surface area contributed by atoms with Crippen LogP contribution < -0.4 is 16.0 Å². The van der Waals surface area contributed by atoms with Gasteiger partial charge in [-0.2, -0.15) is 4.98 Å². The van der Waals surface area contributed by atoms with Gasteiger partial charge in [0.1, 0.15) is 5.82 Å². The van der Waals surface area contributed by atoms with E-state index in [-0.39, 0.29) is 5.91 Å². The lowest BCUT2D eigenvalue weighted by molar-refractivity contribution is -0.114. The van der Waals surface area contributed by atoms with E-state index >= 15 is 0 Å². The number of amides is 1. The maximum absolute atomic E-state index is 11.1. The quantitative estimate of drug-likeness (QED) is 0.558. The normalized spacial score (nSPS) is 10.3. The first kappa shape index (κ1) is 18.0. The second kappa shape index (κ2) is 8.03. The third kappa shape index (κ3) is 4.62. The minimum absolute atomic E-state index is 0.115. The fourth-order valence-corrected chi connectivity index (χ4v) is 2.70. The Bertz CT molecular complexity index is 911. The van der Waals surface area contributed by atoms with Crippen molar-refractivity contribution in [3.63, 3.8) is 0 Å². The van der Waals surface area contributed by atoms with Gasteiger partial charge in [0.05, 0.1) is 15.7 Å². The SMILES string of the molecule is CC(=O)Nc1ccc(Nc2ccnc(Nc3c(Cl)cccc3Cl)n2)cc1. The highest BCUT2D eigenvalue weighted by molar-refractivity contribution is 6.39. The summed E-state index contributed by atoms with van der Waals surface area (Å²) in [4.78, 5) is 19.6. The molecule has 0 saturated heterocycles. The van der Waals surface area contributed by atoms with E-state index in [0.29, 0.717) is 27.5 Å². The molecule has 0 aliphatic carbocycles. The average molecular weight is 388 g/mol. The number of hydrogen-bond acceptors (Lipinski definition) is 5. The Morgan fingerprint density at radius 2 is 1.58 bits per heavy atom. The zero-order chi connectivity index (χ0) is 18.5. The molecule has 0 atom stereocenters. The predicted molar refractivity (Wildman–Crippen MR) is 106 cm³/mol. The number of rotatable bonds is 5. The number of carbonyl (C=O) groups is 1. The molecular formula is C18H15Cl2N5O. The standard InChI is InChI=1S/C18H15Cl2N5O/c1-11(26)22-12-5-7-13(8-6-12)23-16-9-10-21-18(24-16)25-17-14(19)3-2-4-15(17)20/h2-10H,1H3,(H,22,26)(H2,21,23,24,25). The van der Waals surface area contributed by atoms with E-state index in [1.165, 1.54) is 6.92 Å². The van der Waals surface area contributed by atoms with E-state index in [9.17, 15) is 4.79 Å². The molecule has 0 spiro atoms. The van der Waals surface area contributed by atoms with Gasteiger partial charge in [0.25, 0.3) is 0 Å². The van der Waals surface area contributed by atoms with Crippen LogP contribution in [0.3, 0.4) is 0 Å². The van der Waals surface area contributed by atoms with Crippen molar-refractivity contribution in [1.82, 2.24) is 9.97 Å². The van der Waals surface area contributed by atoms with Crippen molar-refractivity contribution in [3.8, 4) is 0 Å². The molecular weight excluding hydrogens is 373 g/mol. The molecule has 3 rings (SSSR count). The molecule has 0 bridgehead atoms. The second-order valence-electron chi connectivity index (χ2n) is 5.37. The minimum Gasteiger partial charge on any atom is -0.340 e. The van der Waals surface area contributed by atoms with Crippen molar-refractivity contribution < 1.29 is 4.79 Å². The Morgan fingerprint density at radius 3 is 2.23 bits per heavy atom. The van der Waals surface area contributed by atoms with E-state index in [0.717, 1.165) is 11.4 Å². The summed E-state index contributed by atoms with van der Waals surface area (Å²) in [6, 6.07) is 14.2. The van der Waals surface area contributed by atoms with Crippen molar-refractivity contribution in [2.75, 3.05) is 16.0 Å². The highest BCUT2D eigenvalue weighted by Gasteiger charge is 2.08. The summed E-state index contributed by atoms with van der Waals surface area (Å²) in [6.07, 6.45) is 1.62. The Labute approximate surface area is 160 Å². The molecule has 132 valence electrons. The van der Waals surface area contributed by atoms with E-state index in [1.807, 2.05) is 12.1 Å². The van der Waals surface area contributed by atoms with E-state index in [4.69, 9.17) is 23.2 Å². The van der Waals surface area contributed by atoms with Crippen LogP contribution in [0, 0.1) is 0 Å². The highest BCUT2D eigenvalue weighted by atomic mass is 35.5. The Morgan fingerprint density at radius 1 is 0.923 bits per heavy atom. The van der Waals surface area contributed by atoms with Crippen LogP contribution in [0.1, 0.15) is 6.92 Å². The minimum atomic E-state index is -0.115. The summed E-state index contributed by atoms with van der Waals surface area (Å²) < 4.78 is 0.